The van der Waals surface area contributed by atoms with Gasteiger partial charge in [0.25, 0.3) is 5.91 Å². The molecule has 2 fully saturated rings. The number of nitrogens with one attached hydrogen (secondary N) is 2. The Balaban J connectivity index is 1.18. The molecule has 10 heteroatoms. The summed E-state index contributed by atoms with van der Waals surface area (Å²) in [6.45, 7) is 4.29. The van der Waals surface area contributed by atoms with Gasteiger partial charge in [-0.25, -0.2) is 0 Å². The lowest BCUT2D eigenvalue weighted by Crippen LogP contribution is -2.57. The molecule has 3 amide bonds. The number of hydrogen-bond acceptors (Lipinski definition) is 7. The van der Waals surface area contributed by atoms with E-state index in [4.69, 9.17) is 0 Å². The average molecular weight is 534 g/mol. The van der Waals surface area contributed by atoms with Crippen LogP contribution in [0.2, 0.25) is 0 Å². The summed E-state index contributed by atoms with van der Waals surface area (Å²) in [5, 5.41) is 16.4. The van der Waals surface area contributed by atoms with Gasteiger partial charge in [-0.3, -0.25) is 29.1 Å². The lowest BCUT2D eigenvalue weighted by Gasteiger charge is -2.41. The number of aliphatic hydroxyl groups is 1. The lowest BCUT2D eigenvalue weighted by atomic mass is 9.88. The van der Waals surface area contributed by atoms with Gasteiger partial charge < -0.3 is 20.6 Å². The van der Waals surface area contributed by atoms with Crippen molar-refractivity contribution < 1.29 is 24.3 Å². The number of rotatable bonds is 8. The van der Waals surface area contributed by atoms with E-state index in [1.54, 1.807) is 53.7 Å². The van der Waals surface area contributed by atoms with E-state index in [1.807, 2.05) is 13.8 Å². The number of ketones is 1. The van der Waals surface area contributed by atoms with Gasteiger partial charge in [0, 0.05) is 60.8 Å². The second kappa shape index (κ2) is 11.2. The monoisotopic (exact) mass is 533 g/mol. The summed E-state index contributed by atoms with van der Waals surface area (Å²) in [6.07, 6.45) is 5.61. The number of carbonyl (C=O) groups is 4. The topological polar surface area (TPSA) is 132 Å². The molecule has 0 aliphatic carbocycles. The number of anilines is 1. The fourth-order valence-corrected chi connectivity index (χ4v) is 6.28. The first-order valence-corrected chi connectivity index (χ1v) is 13.6. The molecule has 0 radical (unpaired) electrons. The molecular formula is C29H35N5O5. The average Bonchev–Trinajstić information content (AvgIpc) is 3.14. The molecule has 5 rings (SSSR count). The van der Waals surface area contributed by atoms with Crippen LogP contribution >= 0.6 is 0 Å². The summed E-state index contributed by atoms with van der Waals surface area (Å²) in [6, 6.07) is 10.2. The van der Waals surface area contributed by atoms with Crippen molar-refractivity contribution in [3.63, 3.8) is 0 Å². The maximum absolute atomic E-state index is 13.3. The first-order chi connectivity index (χ1) is 18.7. The fraction of sp³-hybridized carbons (Fsp3) is 0.483. The van der Waals surface area contributed by atoms with Crippen molar-refractivity contribution in [3.05, 3.63) is 59.9 Å². The van der Waals surface area contributed by atoms with E-state index in [0.717, 1.165) is 12.8 Å². The van der Waals surface area contributed by atoms with Gasteiger partial charge in [-0.15, -0.1) is 0 Å². The van der Waals surface area contributed by atoms with Gasteiger partial charge in [0.1, 0.15) is 0 Å². The minimum absolute atomic E-state index is 0.136. The number of benzene rings is 1. The van der Waals surface area contributed by atoms with E-state index in [-0.39, 0.29) is 36.6 Å². The summed E-state index contributed by atoms with van der Waals surface area (Å²) in [5.41, 5.74) is 1.43. The Bertz CT molecular complexity index is 1240. The zero-order valence-corrected chi connectivity index (χ0v) is 22.2. The standard InChI is InChI=1S/C29H35N5O5/c1-17(2)34-24-6-4-3-5-23(24)26(36)25(29(34)39)28(38)32-19-13-20-7-8-21(14-19)33(20)16-22(35)15-31-27(37)18-9-11-30-12-10-18/h3-6,9-12,17,19-22,25,35H,7-8,13-16H2,1-2H3,(H,31,37)(H,32,38)/t19-,20-,21+,22?,25?. The number of aliphatic hydroxyl groups excluding tert-OH is 1. The van der Waals surface area contributed by atoms with Crippen molar-refractivity contribution >= 4 is 29.2 Å². The highest BCUT2D eigenvalue weighted by molar-refractivity contribution is 6.31. The summed E-state index contributed by atoms with van der Waals surface area (Å²) < 4.78 is 0. The minimum atomic E-state index is -1.39. The van der Waals surface area contributed by atoms with E-state index < -0.39 is 29.6 Å². The molecule has 39 heavy (non-hydrogen) atoms. The van der Waals surface area contributed by atoms with Crippen LogP contribution in [0.5, 0.6) is 0 Å². The third kappa shape index (κ3) is 5.44. The van der Waals surface area contributed by atoms with Gasteiger partial charge in [-0.05, 0) is 63.8 Å². The molecule has 1 aromatic heterocycles. The Morgan fingerprint density at radius 3 is 2.38 bits per heavy atom. The molecule has 1 aromatic carbocycles. The molecule has 3 aliphatic heterocycles. The number of piperidine rings is 1. The highest BCUT2D eigenvalue weighted by Gasteiger charge is 2.47. The Kier molecular flexibility index (Phi) is 7.76. The zero-order chi connectivity index (χ0) is 27.7. The van der Waals surface area contributed by atoms with Crippen LogP contribution in [-0.4, -0.2) is 81.9 Å². The molecule has 206 valence electrons. The van der Waals surface area contributed by atoms with E-state index in [1.165, 1.54) is 0 Å². The molecule has 0 saturated carbocycles. The molecule has 5 atom stereocenters. The van der Waals surface area contributed by atoms with Gasteiger partial charge in [0.2, 0.25) is 11.8 Å². The number of carbonyl (C=O) groups excluding carboxylic acids is 4. The Labute approximate surface area is 227 Å². The maximum atomic E-state index is 13.3. The number of amides is 3. The van der Waals surface area contributed by atoms with Crippen LogP contribution in [0.25, 0.3) is 0 Å². The predicted molar refractivity (Wildman–Crippen MR) is 144 cm³/mol. The SMILES string of the molecule is CC(C)N1C(=O)C(C(=O)N[C@@H]2C[C@H]3CC[C@@H](C2)N3CC(O)CNC(=O)c2ccncc2)C(=O)c2ccccc21. The van der Waals surface area contributed by atoms with Crippen molar-refractivity contribution in [2.45, 2.75) is 69.8 Å². The molecular weight excluding hydrogens is 498 g/mol. The molecule has 2 bridgehead atoms. The largest absolute Gasteiger partial charge is 0.390 e. The van der Waals surface area contributed by atoms with Crippen LogP contribution < -0.4 is 15.5 Å². The van der Waals surface area contributed by atoms with Gasteiger partial charge in [0.05, 0.1) is 11.8 Å². The summed E-state index contributed by atoms with van der Waals surface area (Å²) in [5.74, 6) is -3.12. The first-order valence-electron chi connectivity index (χ1n) is 13.6. The van der Waals surface area contributed by atoms with Crippen LogP contribution in [0.15, 0.2) is 48.8 Å². The van der Waals surface area contributed by atoms with Crippen molar-refractivity contribution in [1.29, 1.82) is 0 Å². The van der Waals surface area contributed by atoms with Crippen LogP contribution in [-0.2, 0) is 9.59 Å². The maximum Gasteiger partial charge on any atom is 0.251 e. The van der Waals surface area contributed by atoms with Crippen molar-refractivity contribution in [1.82, 2.24) is 20.5 Å². The molecule has 3 N–H and O–H groups in total. The first kappa shape index (κ1) is 27.0. The van der Waals surface area contributed by atoms with Gasteiger partial charge in [-0.1, -0.05) is 12.1 Å². The van der Waals surface area contributed by atoms with Crippen LogP contribution in [0, 0.1) is 5.92 Å². The Hall–Kier alpha value is -3.63. The number of para-hydroxylation sites is 1. The number of aromatic nitrogens is 1. The van der Waals surface area contributed by atoms with Crippen molar-refractivity contribution in [2.24, 2.45) is 5.92 Å². The van der Waals surface area contributed by atoms with Gasteiger partial charge in [-0.2, -0.15) is 0 Å². The van der Waals surface area contributed by atoms with E-state index >= 15 is 0 Å². The van der Waals surface area contributed by atoms with E-state index in [2.05, 4.69) is 20.5 Å². The highest BCUT2D eigenvalue weighted by Crippen LogP contribution is 2.37. The summed E-state index contributed by atoms with van der Waals surface area (Å²) in [4.78, 5) is 59.9. The van der Waals surface area contributed by atoms with E-state index in [9.17, 15) is 24.3 Å². The van der Waals surface area contributed by atoms with E-state index in [0.29, 0.717) is 36.2 Å². The smallest absolute Gasteiger partial charge is 0.251 e. The summed E-state index contributed by atoms with van der Waals surface area (Å²) in [7, 11) is 0. The van der Waals surface area contributed by atoms with Gasteiger partial charge >= 0.3 is 0 Å². The Morgan fingerprint density at radius 2 is 1.72 bits per heavy atom. The third-order valence-electron chi connectivity index (χ3n) is 8.05. The number of fused-ring (bicyclic) bond motifs is 3. The van der Waals surface area contributed by atoms with Crippen LogP contribution in [0.3, 0.4) is 0 Å². The highest BCUT2D eigenvalue weighted by atomic mass is 16.3. The molecule has 2 saturated heterocycles. The quantitative estimate of drug-likeness (QED) is 0.439. The minimum Gasteiger partial charge on any atom is -0.390 e. The van der Waals surface area contributed by atoms with Crippen LogP contribution in [0.1, 0.15) is 60.2 Å². The number of Topliss-reactive ketones (excluding diaryl/α,β-unsaturated/α-hetero) is 1. The molecule has 2 aromatic rings. The predicted octanol–water partition coefficient (Wildman–Crippen LogP) is 1.54. The number of pyridine rings is 1. The molecule has 4 heterocycles. The van der Waals surface area contributed by atoms with Crippen molar-refractivity contribution in [2.75, 3.05) is 18.0 Å². The normalized spacial score (nSPS) is 25.4. The molecule has 3 aliphatic rings. The number of hydrogen-bond donors (Lipinski definition) is 3. The fourth-order valence-electron chi connectivity index (χ4n) is 6.28. The summed E-state index contributed by atoms with van der Waals surface area (Å²) >= 11 is 0. The van der Waals surface area contributed by atoms with Crippen molar-refractivity contribution in [3.8, 4) is 0 Å². The zero-order valence-electron chi connectivity index (χ0n) is 22.2. The van der Waals surface area contributed by atoms with Gasteiger partial charge in [0.15, 0.2) is 11.7 Å². The second-order valence-corrected chi connectivity index (χ2v) is 11.0. The number of nitrogens with zero attached hydrogens (tertiary/aromatic N) is 3. The third-order valence-corrected chi connectivity index (χ3v) is 8.05. The molecule has 0 spiro atoms. The van der Waals surface area contributed by atoms with Crippen LogP contribution in [0.4, 0.5) is 5.69 Å². The Morgan fingerprint density at radius 1 is 1.05 bits per heavy atom. The molecule has 2 unspecified atom stereocenters. The molecule has 10 nitrogen and oxygen atoms in total. The lowest BCUT2D eigenvalue weighted by molar-refractivity contribution is -0.132. The second-order valence-electron chi connectivity index (χ2n) is 11.0.